The Bertz CT molecular complexity index is 323. The highest BCUT2D eigenvalue weighted by Crippen LogP contribution is 2.48. The zero-order chi connectivity index (χ0) is 11.3. The van der Waals surface area contributed by atoms with E-state index in [0.717, 1.165) is 12.8 Å². The highest BCUT2D eigenvalue weighted by atomic mass is 32.1. The van der Waals surface area contributed by atoms with E-state index in [0.29, 0.717) is 24.5 Å². The summed E-state index contributed by atoms with van der Waals surface area (Å²) in [6.45, 7) is 2.76. The van der Waals surface area contributed by atoms with Crippen molar-refractivity contribution in [2.75, 3.05) is 13.1 Å². The van der Waals surface area contributed by atoms with Crippen LogP contribution in [-0.2, 0) is 4.79 Å². The van der Waals surface area contributed by atoms with Crippen molar-refractivity contribution in [2.24, 2.45) is 11.1 Å². The number of carbonyl (C=O) groups excluding carboxylic acids is 1. The maximum Gasteiger partial charge on any atom is 0.235 e. The molecule has 1 saturated carbocycles. The molecule has 1 aliphatic carbocycles. The number of likely N-dealkylation sites (tertiary alicyclic amines) is 1. The van der Waals surface area contributed by atoms with Crippen LogP contribution in [0.5, 0.6) is 0 Å². The van der Waals surface area contributed by atoms with Gasteiger partial charge in [0, 0.05) is 13.1 Å². The molecule has 0 radical (unpaired) electrons. The van der Waals surface area contributed by atoms with Crippen molar-refractivity contribution < 1.29 is 9.90 Å². The number of carbonyl (C=O) groups is 1. The van der Waals surface area contributed by atoms with Crippen molar-refractivity contribution in [1.29, 1.82) is 0 Å². The summed E-state index contributed by atoms with van der Waals surface area (Å²) in [4.78, 5) is 14.1. The molecule has 84 valence electrons. The summed E-state index contributed by atoms with van der Waals surface area (Å²) in [5.74, 6) is 0.00720. The van der Waals surface area contributed by atoms with E-state index < -0.39 is 11.0 Å². The fourth-order valence-corrected chi connectivity index (χ4v) is 2.40. The summed E-state index contributed by atoms with van der Waals surface area (Å²) in [6, 6.07) is 0. The second kappa shape index (κ2) is 3.15. The van der Waals surface area contributed by atoms with Gasteiger partial charge in [-0.3, -0.25) is 4.79 Å². The van der Waals surface area contributed by atoms with Crippen LogP contribution in [0.2, 0.25) is 0 Å². The molecule has 1 heterocycles. The predicted octanol–water partition coefficient (Wildman–Crippen LogP) is 0.0360. The van der Waals surface area contributed by atoms with E-state index in [-0.39, 0.29) is 5.91 Å². The molecule has 5 heteroatoms. The van der Waals surface area contributed by atoms with Crippen molar-refractivity contribution >= 4 is 23.1 Å². The van der Waals surface area contributed by atoms with Gasteiger partial charge in [-0.25, -0.2) is 0 Å². The minimum absolute atomic E-state index is 0.00720. The number of thiocarbonyl (C=S) groups is 1. The average Bonchev–Trinajstić information content (AvgIpc) is 2.86. The molecule has 0 aromatic rings. The van der Waals surface area contributed by atoms with E-state index in [1.54, 1.807) is 11.8 Å². The summed E-state index contributed by atoms with van der Waals surface area (Å²) in [6.07, 6.45) is 2.16. The van der Waals surface area contributed by atoms with Crippen molar-refractivity contribution in [3.8, 4) is 0 Å². The first kappa shape index (κ1) is 10.8. The van der Waals surface area contributed by atoms with Crippen LogP contribution in [0.4, 0.5) is 0 Å². The zero-order valence-corrected chi connectivity index (χ0v) is 9.64. The summed E-state index contributed by atoms with van der Waals surface area (Å²) in [5, 5.41) is 9.78. The first-order chi connectivity index (χ1) is 6.87. The zero-order valence-electron chi connectivity index (χ0n) is 8.82. The maximum absolute atomic E-state index is 12.1. The Morgan fingerprint density at radius 3 is 2.40 bits per heavy atom. The standard InChI is InChI=1S/C10H16N2O2S/c1-9(14)4-5-12(6-9)8(13)10(2-3-10)7(11)15/h14H,2-6H2,1H3,(H2,11,15). The number of β-amino-alcohol motifs (C(OH)–C–C–N with tert-alkyl or cyclic N) is 1. The van der Waals surface area contributed by atoms with Gasteiger partial charge in [-0.05, 0) is 26.2 Å². The maximum atomic E-state index is 12.1. The van der Waals surface area contributed by atoms with Gasteiger partial charge in [0.05, 0.1) is 16.0 Å². The Morgan fingerprint density at radius 1 is 1.47 bits per heavy atom. The normalized spacial score (nSPS) is 32.8. The van der Waals surface area contributed by atoms with Crippen LogP contribution in [0.1, 0.15) is 26.2 Å². The summed E-state index contributed by atoms with van der Waals surface area (Å²) in [5.41, 5.74) is 4.27. The molecule has 1 atom stereocenters. The number of nitrogens with two attached hydrogens (primary N) is 1. The van der Waals surface area contributed by atoms with E-state index >= 15 is 0 Å². The van der Waals surface area contributed by atoms with Crippen LogP contribution >= 0.6 is 12.2 Å². The molecular formula is C10H16N2O2S. The number of hydrogen-bond donors (Lipinski definition) is 2. The van der Waals surface area contributed by atoms with Crippen LogP contribution in [-0.4, -0.2) is 39.6 Å². The van der Waals surface area contributed by atoms with Crippen LogP contribution in [0, 0.1) is 5.41 Å². The Morgan fingerprint density at radius 2 is 2.07 bits per heavy atom. The molecule has 1 aliphatic heterocycles. The van der Waals surface area contributed by atoms with Crippen molar-refractivity contribution in [2.45, 2.75) is 31.8 Å². The van der Waals surface area contributed by atoms with Gasteiger partial charge < -0.3 is 15.7 Å². The quantitative estimate of drug-likeness (QED) is 0.655. The van der Waals surface area contributed by atoms with Crippen LogP contribution in [0.15, 0.2) is 0 Å². The topological polar surface area (TPSA) is 66.6 Å². The van der Waals surface area contributed by atoms with Gasteiger partial charge in [0.25, 0.3) is 0 Å². The van der Waals surface area contributed by atoms with Gasteiger partial charge in [-0.1, -0.05) is 12.2 Å². The van der Waals surface area contributed by atoms with Gasteiger partial charge in [0.15, 0.2) is 0 Å². The van der Waals surface area contributed by atoms with Crippen LogP contribution < -0.4 is 5.73 Å². The van der Waals surface area contributed by atoms with E-state index in [1.165, 1.54) is 0 Å². The molecule has 2 aliphatic rings. The molecule has 0 spiro atoms. The third-order valence-electron chi connectivity index (χ3n) is 3.37. The Hall–Kier alpha value is -0.680. The molecule has 2 fully saturated rings. The number of rotatable bonds is 2. The van der Waals surface area contributed by atoms with E-state index in [1.807, 2.05) is 0 Å². The predicted molar refractivity (Wildman–Crippen MR) is 60.3 cm³/mol. The number of amides is 1. The monoisotopic (exact) mass is 228 g/mol. The number of nitrogens with zero attached hydrogens (tertiary/aromatic N) is 1. The fourth-order valence-electron chi connectivity index (χ4n) is 2.11. The molecule has 4 nitrogen and oxygen atoms in total. The lowest BCUT2D eigenvalue weighted by Gasteiger charge is -2.23. The average molecular weight is 228 g/mol. The van der Waals surface area contributed by atoms with E-state index in [4.69, 9.17) is 18.0 Å². The van der Waals surface area contributed by atoms with Gasteiger partial charge >= 0.3 is 0 Å². The Kier molecular flexibility index (Phi) is 2.28. The fraction of sp³-hybridized carbons (Fsp3) is 0.800. The summed E-state index contributed by atoms with van der Waals surface area (Å²) in [7, 11) is 0. The Balaban J connectivity index is 2.07. The van der Waals surface area contributed by atoms with Gasteiger partial charge in [-0.2, -0.15) is 0 Å². The van der Waals surface area contributed by atoms with Crippen molar-refractivity contribution in [3.05, 3.63) is 0 Å². The smallest absolute Gasteiger partial charge is 0.235 e. The molecule has 1 unspecified atom stereocenters. The molecule has 15 heavy (non-hydrogen) atoms. The van der Waals surface area contributed by atoms with Gasteiger partial charge in [0.2, 0.25) is 5.91 Å². The minimum atomic E-state index is -0.748. The second-order valence-corrected chi connectivity index (χ2v) is 5.36. The number of hydrogen-bond acceptors (Lipinski definition) is 3. The van der Waals surface area contributed by atoms with Crippen molar-refractivity contribution in [3.63, 3.8) is 0 Å². The molecular weight excluding hydrogens is 212 g/mol. The van der Waals surface area contributed by atoms with E-state index in [9.17, 15) is 9.90 Å². The van der Waals surface area contributed by atoms with E-state index in [2.05, 4.69) is 0 Å². The molecule has 3 N–H and O–H groups in total. The lowest BCUT2D eigenvalue weighted by atomic mass is 10.1. The summed E-state index contributed by atoms with van der Waals surface area (Å²) < 4.78 is 0. The summed E-state index contributed by atoms with van der Waals surface area (Å²) >= 11 is 4.93. The third kappa shape index (κ3) is 1.74. The molecule has 1 amide bonds. The van der Waals surface area contributed by atoms with Gasteiger partial charge in [0.1, 0.15) is 0 Å². The minimum Gasteiger partial charge on any atom is -0.392 e. The molecule has 0 aromatic carbocycles. The highest BCUT2D eigenvalue weighted by Gasteiger charge is 2.55. The second-order valence-electron chi connectivity index (χ2n) is 4.92. The third-order valence-corrected chi connectivity index (χ3v) is 3.76. The molecule has 0 aromatic heterocycles. The van der Waals surface area contributed by atoms with Crippen LogP contribution in [0.25, 0.3) is 0 Å². The largest absolute Gasteiger partial charge is 0.392 e. The SMILES string of the molecule is CC1(O)CCN(C(=O)C2(C(N)=S)CC2)C1. The Labute approximate surface area is 94.4 Å². The molecule has 0 bridgehead atoms. The number of aliphatic hydroxyl groups is 1. The van der Waals surface area contributed by atoms with Gasteiger partial charge in [-0.15, -0.1) is 0 Å². The van der Waals surface area contributed by atoms with Crippen molar-refractivity contribution in [1.82, 2.24) is 4.90 Å². The molecule has 1 saturated heterocycles. The lowest BCUT2D eigenvalue weighted by Crippen LogP contribution is -2.43. The molecule has 2 rings (SSSR count). The van der Waals surface area contributed by atoms with Crippen LogP contribution in [0.3, 0.4) is 0 Å². The first-order valence-electron chi connectivity index (χ1n) is 5.19. The first-order valence-corrected chi connectivity index (χ1v) is 5.60. The highest BCUT2D eigenvalue weighted by molar-refractivity contribution is 7.80. The lowest BCUT2D eigenvalue weighted by molar-refractivity contribution is -0.134.